The Kier molecular flexibility index (Phi) is 5.67. The maximum atomic E-state index is 12.6. The number of amides is 1. The first kappa shape index (κ1) is 19.3. The number of nitrogens with zero attached hydrogens (tertiary/aromatic N) is 3. The SMILES string of the molecule is COc1ccc2c(CC(=O)NCc3cccnc3N3CCN(C)CC3)coc2c1. The third-order valence-electron chi connectivity index (χ3n) is 5.36. The lowest BCUT2D eigenvalue weighted by atomic mass is 10.1. The fourth-order valence-electron chi connectivity index (χ4n) is 3.63. The highest BCUT2D eigenvalue weighted by Crippen LogP contribution is 2.26. The Balaban J connectivity index is 1.40. The molecule has 3 heterocycles. The number of rotatable bonds is 6. The smallest absolute Gasteiger partial charge is 0.224 e. The fraction of sp³-hybridized carbons (Fsp3) is 0.364. The number of hydrogen-bond donors (Lipinski definition) is 1. The summed E-state index contributed by atoms with van der Waals surface area (Å²) in [5.41, 5.74) is 2.62. The molecule has 29 heavy (non-hydrogen) atoms. The van der Waals surface area contributed by atoms with Crippen molar-refractivity contribution in [1.29, 1.82) is 0 Å². The second-order valence-corrected chi connectivity index (χ2v) is 7.35. The van der Waals surface area contributed by atoms with Gasteiger partial charge in [0.2, 0.25) is 5.91 Å². The molecule has 0 spiro atoms. The summed E-state index contributed by atoms with van der Waals surface area (Å²) in [7, 11) is 3.75. The average Bonchev–Trinajstić information content (AvgIpc) is 3.15. The zero-order valence-corrected chi connectivity index (χ0v) is 16.9. The number of benzene rings is 1. The van der Waals surface area contributed by atoms with Crippen LogP contribution in [0.3, 0.4) is 0 Å². The molecule has 0 aliphatic carbocycles. The Morgan fingerprint density at radius 3 is 2.83 bits per heavy atom. The van der Waals surface area contributed by atoms with Gasteiger partial charge in [-0.15, -0.1) is 0 Å². The molecular formula is C22H26N4O3. The van der Waals surface area contributed by atoms with E-state index in [4.69, 9.17) is 9.15 Å². The molecule has 1 saturated heterocycles. The molecule has 0 unspecified atom stereocenters. The van der Waals surface area contributed by atoms with Crippen molar-refractivity contribution in [2.45, 2.75) is 13.0 Å². The summed E-state index contributed by atoms with van der Waals surface area (Å²) in [5, 5.41) is 3.96. The maximum absolute atomic E-state index is 12.6. The van der Waals surface area contributed by atoms with Crippen molar-refractivity contribution in [3.63, 3.8) is 0 Å². The summed E-state index contributed by atoms with van der Waals surface area (Å²) in [6.45, 7) is 4.37. The van der Waals surface area contributed by atoms with E-state index in [1.165, 1.54) is 0 Å². The van der Waals surface area contributed by atoms with E-state index in [9.17, 15) is 4.79 Å². The van der Waals surface area contributed by atoms with Gasteiger partial charge in [0, 0.05) is 61.5 Å². The number of aromatic nitrogens is 1. The summed E-state index contributed by atoms with van der Waals surface area (Å²) in [6.07, 6.45) is 3.72. The summed E-state index contributed by atoms with van der Waals surface area (Å²) in [4.78, 5) is 21.7. The zero-order valence-electron chi connectivity index (χ0n) is 16.9. The Morgan fingerprint density at radius 2 is 2.03 bits per heavy atom. The van der Waals surface area contributed by atoms with Gasteiger partial charge in [-0.25, -0.2) is 4.98 Å². The molecule has 0 atom stereocenters. The summed E-state index contributed by atoms with van der Waals surface area (Å²) >= 11 is 0. The predicted molar refractivity (Wildman–Crippen MR) is 112 cm³/mol. The van der Waals surface area contributed by atoms with Gasteiger partial charge in [-0.05, 0) is 25.2 Å². The minimum absolute atomic E-state index is 0.0447. The molecule has 0 radical (unpaired) electrons. The van der Waals surface area contributed by atoms with Gasteiger partial charge in [-0.1, -0.05) is 6.07 Å². The Hall–Kier alpha value is -3.06. The van der Waals surface area contributed by atoms with Gasteiger partial charge in [0.25, 0.3) is 0 Å². The minimum Gasteiger partial charge on any atom is -0.497 e. The first-order valence-corrected chi connectivity index (χ1v) is 9.82. The number of hydrogen-bond acceptors (Lipinski definition) is 6. The van der Waals surface area contributed by atoms with E-state index in [2.05, 4.69) is 27.1 Å². The quantitative estimate of drug-likeness (QED) is 0.693. The topological polar surface area (TPSA) is 70.8 Å². The van der Waals surface area contributed by atoms with E-state index < -0.39 is 0 Å². The van der Waals surface area contributed by atoms with Crippen LogP contribution in [-0.4, -0.2) is 56.1 Å². The third kappa shape index (κ3) is 4.35. The van der Waals surface area contributed by atoms with Gasteiger partial charge in [-0.2, -0.15) is 0 Å². The van der Waals surface area contributed by atoms with Crippen molar-refractivity contribution in [3.05, 3.63) is 53.9 Å². The number of pyridine rings is 1. The number of furan rings is 1. The van der Waals surface area contributed by atoms with Crippen molar-refractivity contribution in [2.24, 2.45) is 0 Å². The maximum Gasteiger partial charge on any atom is 0.224 e. The van der Waals surface area contributed by atoms with Crippen molar-refractivity contribution in [2.75, 3.05) is 45.2 Å². The summed E-state index contributed by atoms with van der Waals surface area (Å²) < 4.78 is 10.8. The number of carbonyl (C=O) groups is 1. The highest BCUT2D eigenvalue weighted by atomic mass is 16.5. The van der Waals surface area contributed by atoms with Crippen LogP contribution < -0.4 is 15.0 Å². The number of carbonyl (C=O) groups excluding carboxylic acids is 1. The van der Waals surface area contributed by atoms with Crippen LogP contribution in [0, 0.1) is 0 Å². The lowest BCUT2D eigenvalue weighted by Crippen LogP contribution is -2.45. The van der Waals surface area contributed by atoms with Crippen molar-refractivity contribution in [1.82, 2.24) is 15.2 Å². The molecule has 3 aromatic rings. The number of ether oxygens (including phenoxy) is 1. The second kappa shape index (κ2) is 8.53. The molecule has 0 bridgehead atoms. The van der Waals surface area contributed by atoms with Crippen LogP contribution >= 0.6 is 0 Å². The molecule has 152 valence electrons. The summed E-state index contributed by atoms with van der Waals surface area (Å²) in [5.74, 6) is 1.65. The van der Waals surface area contributed by atoms with Gasteiger partial charge in [0.1, 0.15) is 17.2 Å². The first-order valence-electron chi connectivity index (χ1n) is 9.82. The average molecular weight is 394 g/mol. The molecular weight excluding hydrogens is 368 g/mol. The lowest BCUT2D eigenvalue weighted by Gasteiger charge is -2.34. The minimum atomic E-state index is -0.0447. The molecule has 1 aromatic carbocycles. The van der Waals surface area contributed by atoms with Crippen molar-refractivity contribution >= 4 is 22.7 Å². The Bertz CT molecular complexity index is 993. The highest BCUT2D eigenvalue weighted by Gasteiger charge is 2.18. The molecule has 1 fully saturated rings. The number of methoxy groups -OCH3 is 1. The van der Waals surface area contributed by atoms with E-state index in [1.807, 2.05) is 36.5 Å². The van der Waals surface area contributed by atoms with Gasteiger partial charge < -0.3 is 24.3 Å². The van der Waals surface area contributed by atoms with Crippen LogP contribution in [0.15, 0.2) is 47.2 Å². The number of anilines is 1. The van der Waals surface area contributed by atoms with Gasteiger partial charge >= 0.3 is 0 Å². The van der Waals surface area contributed by atoms with Crippen LogP contribution in [0.1, 0.15) is 11.1 Å². The molecule has 1 aliphatic rings. The highest BCUT2D eigenvalue weighted by molar-refractivity contribution is 5.88. The van der Waals surface area contributed by atoms with E-state index in [-0.39, 0.29) is 12.3 Å². The van der Waals surface area contributed by atoms with Crippen LogP contribution in [-0.2, 0) is 17.8 Å². The van der Waals surface area contributed by atoms with E-state index in [1.54, 1.807) is 13.4 Å². The molecule has 7 nitrogen and oxygen atoms in total. The molecule has 4 rings (SSSR count). The molecule has 2 aromatic heterocycles. The monoisotopic (exact) mass is 394 g/mol. The molecule has 1 N–H and O–H groups in total. The number of nitrogens with one attached hydrogen (secondary N) is 1. The van der Waals surface area contributed by atoms with Crippen molar-refractivity contribution in [3.8, 4) is 5.75 Å². The van der Waals surface area contributed by atoms with Crippen LogP contribution in [0.2, 0.25) is 0 Å². The standard InChI is InChI=1S/C22H26N4O3/c1-25-8-10-26(11-9-25)22-16(4-3-7-23-22)14-24-21(27)12-17-15-29-20-13-18(28-2)5-6-19(17)20/h3-7,13,15H,8-12,14H2,1-2H3,(H,24,27). The van der Waals surface area contributed by atoms with E-state index in [0.717, 1.165) is 59.8 Å². The molecule has 7 heteroatoms. The number of piperazine rings is 1. The molecule has 1 amide bonds. The lowest BCUT2D eigenvalue weighted by molar-refractivity contribution is -0.120. The van der Waals surface area contributed by atoms with Crippen LogP contribution in [0.4, 0.5) is 5.82 Å². The fourth-order valence-corrected chi connectivity index (χ4v) is 3.63. The number of fused-ring (bicyclic) bond motifs is 1. The van der Waals surface area contributed by atoms with Crippen LogP contribution in [0.25, 0.3) is 11.0 Å². The van der Waals surface area contributed by atoms with Crippen LogP contribution in [0.5, 0.6) is 5.75 Å². The van der Waals surface area contributed by atoms with E-state index >= 15 is 0 Å². The molecule has 1 aliphatic heterocycles. The zero-order chi connectivity index (χ0) is 20.2. The second-order valence-electron chi connectivity index (χ2n) is 7.35. The van der Waals surface area contributed by atoms with Crippen molar-refractivity contribution < 1.29 is 13.9 Å². The largest absolute Gasteiger partial charge is 0.497 e. The normalized spacial score (nSPS) is 14.9. The summed E-state index contributed by atoms with van der Waals surface area (Å²) in [6, 6.07) is 9.57. The van der Waals surface area contributed by atoms with Gasteiger partial charge in [0.05, 0.1) is 19.8 Å². The third-order valence-corrected chi connectivity index (χ3v) is 5.36. The Labute approximate surface area is 170 Å². The number of likely N-dealkylation sites (N-methyl/N-ethyl adjacent to an activating group) is 1. The van der Waals surface area contributed by atoms with E-state index in [0.29, 0.717) is 6.54 Å². The molecule has 0 saturated carbocycles. The first-order chi connectivity index (χ1) is 14.1. The Morgan fingerprint density at radius 1 is 1.21 bits per heavy atom. The van der Waals surface area contributed by atoms with Gasteiger partial charge in [0.15, 0.2) is 0 Å². The predicted octanol–water partition coefficient (Wildman–Crippen LogP) is 2.45. The van der Waals surface area contributed by atoms with Gasteiger partial charge in [-0.3, -0.25) is 4.79 Å².